The molecule has 3 rings (SSSR count). The molecule has 2 atom stereocenters. The number of rotatable bonds is 3. The molecule has 108 valence electrons. The molecule has 1 aromatic rings. The van der Waals surface area contributed by atoms with Crippen molar-refractivity contribution in [3.8, 4) is 0 Å². The molecule has 2 unspecified atom stereocenters. The van der Waals surface area contributed by atoms with Crippen LogP contribution in [0.5, 0.6) is 0 Å². The number of carboxylic acid groups (broad SMARTS) is 1. The molecular formula is C13H14FNO4S. The summed E-state index contributed by atoms with van der Waals surface area (Å²) in [5.41, 5.74) is -0.615. The topological polar surface area (TPSA) is 74.7 Å². The van der Waals surface area contributed by atoms with E-state index in [1.165, 1.54) is 4.31 Å². The van der Waals surface area contributed by atoms with E-state index in [-0.39, 0.29) is 10.9 Å². The minimum Gasteiger partial charge on any atom is -0.478 e. The third kappa shape index (κ3) is 2.01. The van der Waals surface area contributed by atoms with Crippen LogP contribution in [0.25, 0.3) is 0 Å². The first-order valence-corrected chi connectivity index (χ1v) is 7.88. The second-order valence-corrected chi connectivity index (χ2v) is 7.24. The van der Waals surface area contributed by atoms with Crippen molar-refractivity contribution in [1.29, 1.82) is 0 Å². The van der Waals surface area contributed by atoms with E-state index < -0.39 is 27.4 Å². The normalized spacial score (nSPS) is 26.1. The number of hydrogen-bond acceptors (Lipinski definition) is 3. The molecule has 5 nitrogen and oxygen atoms in total. The highest BCUT2D eigenvalue weighted by Gasteiger charge is 2.44. The summed E-state index contributed by atoms with van der Waals surface area (Å²) in [5, 5.41) is 8.88. The Bertz CT molecular complexity index is 673. The Morgan fingerprint density at radius 2 is 2.10 bits per heavy atom. The van der Waals surface area contributed by atoms with Crippen molar-refractivity contribution < 1.29 is 22.7 Å². The largest absolute Gasteiger partial charge is 0.478 e. The van der Waals surface area contributed by atoms with E-state index in [0.29, 0.717) is 12.5 Å². The van der Waals surface area contributed by atoms with E-state index in [1.807, 2.05) is 0 Å². The van der Waals surface area contributed by atoms with Crippen LogP contribution >= 0.6 is 0 Å². The van der Waals surface area contributed by atoms with Gasteiger partial charge in [0, 0.05) is 12.6 Å². The van der Waals surface area contributed by atoms with Gasteiger partial charge in [-0.05, 0) is 43.4 Å². The van der Waals surface area contributed by atoms with Gasteiger partial charge in [0.1, 0.15) is 5.82 Å². The zero-order chi connectivity index (χ0) is 14.5. The second-order valence-electron chi connectivity index (χ2n) is 5.35. The molecule has 1 N–H and O–H groups in total. The fourth-order valence-electron chi connectivity index (χ4n) is 3.14. The van der Waals surface area contributed by atoms with Crippen molar-refractivity contribution in [1.82, 2.24) is 4.31 Å². The fourth-order valence-corrected chi connectivity index (χ4v) is 4.91. The highest BCUT2D eigenvalue weighted by Crippen LogP contribution is 2.40. The van der Waals surface area contributed by atoms with Gasteiger partial charge in [0.05, 0.1) is 10.5 Å². The molecule has 1 aromatic carbocycles. The molecule has 0 spiro atoms. The molecular weight excluding hydrogens is 285 g/mol. The molecule has 2 aliphatic rings. The van der Waals surface area contributed by atoms with E-state index in [9.17, 15) is 17.6 Å². The predicted molar refractivity (Wildman–Crippen MR) is 68.4 cm³/mol. The molecule has 1 aliphatic heterocycles. The van der Waals surface area contributed by atoms with E-state index in [4.69, 9.17) is 5.11 Å². The monoisotopic (exact) mass is 299 g/mol. The van der Waals surface area contributed by atoms with Crippen LogP contribution in [0.15, 0.2) is 23.1 Å². The summed E-state index contributed by atoms with van der Waals surface area (Å²) in [6.45, 7) is 0.479. The Kier molecular flexibility index (Phi) is 3.06. The molecule has 1 heterocycles. The Morgan fingerprint density at radius 1 is 1.35 bits per heavy atom. The van der Waals surface area contributed by atoms with Crippen molar-refractivity contribution in [2.45, 2.75) is 30.2 Å². The lowest BCUT2D eigenvalue weighted by Gasteiger charge is -2.26. The van der Waals surface area contributed by atoms with Crippen LogP contribution in [0, 0.1) is 11.7 Å². The Labute approximate surface area is 116 Å². The van der Waals surface area contributed by atoms with Gasteiger partial charge in [-0.15, -0.1) is 0 Å². The van der Waals surface area contributed by atoms with Crippen LogP contribution in [0.2, 0.25) is 0 Å². The van der Waals surface area contributed by atoms with Crippen molar-refractivity contribution >= 4 is 16.0 Å². The zero-order valence-electron chi connectivity index (χ0n) is 10.6. The first kappa shape index (κ1) is 13.5. The molecule has 0 radical (unpaired) electrons. The molecule has 1 saturated heterocycles. The highest BCUT2D eigenvalue weighted by molar-refractivity contribution is 7.89. The SMILES string of the molecule is O=C(O)c1cc(S(=O)(=O)N2CC3CCC2C3)ccc1F. The maximum Gasteiger partial charge on any atom is 0.338 e. The molecule has 0 amide bonds. The first-order valence-electron chi connectivity index (χ1n) is 6.44. The molecule has 2 bridgehead atoms. The van der Waals surface area contributed by atoms with Gasteiger partial charge in [0.25, 0.3) is 0 Å². The van der Waals surface area contributed by atoms with Gasteiger partial charge in [-0.3, -0.25) is 0 Å². The standard InChI is InChI=1S/C13H14FNO4S/c14-12-4-3-10(6-11(12)13(16)17)20(18,19)15-7-8-1-2-9(15)5-8/h3-4,6,8-9H,1-2,5,7H2,(H,16,17). The predicted octanol–water partition coefficient (Wildman–Crippen LogP) is 1.70. The van der Waals surface area contributed by atoms with E-state index in [2.05, 4.69) is 0 Å². The smallest absolute Gasteiger partial charge is 0.338 e. The summed E-state index contributed by atoms with van der Waals surface area (Å²) in [5.74, 6) is -2.00. The fraction of sp³-hybridized carbons (Fsp3) is 0.462. The van der Waals surface area contributed by atoms with Crippen molar-refractivity contribution in [2.75, 3.05) is 6.54 Å². The lowest BCUT2D eigenvalue weighted by atomic mass is 10.1. The van der Waals surface area contributed by atoms with Crippen molar-refractivity contribution in [3.05, 3.63) is 29.6 Å². The summed E-state index contributed by atoms with van der Waals surface area (Å²) in [7, 11) is -3.74. The van der Waals surface area contributed by atoms with Gasteiger partial charge >= 0.3 is 5.97 Å². The number of carbonyl (C=O) groups is 1. The number of halogens is 1. The maximum atomic E-state index is 13.3. The van der Waals surface area contributed by atoms with Gasteiger partial charge < -0.3 is 5.11 Å². The average Bonchev–Trinajstić information content (AvgIpc) is 3.01. The minimum absolute atomic E-state index is 0.00308. The Balaban J connectivity index is 2.00. The van der Waals surface area contributed by atoms with Gasteiger partial charge in [-0.2, -0.15) is 4.31 Å². The Hall–Kier alpha value is -1.47. The summed E-state index contributed by atoms with van der Waals surface area (Å²) in [6, 6.07) is 2.93. The van der Waals surface area contributed by atoms with Crippen LogP contribution in [0.3, 0.4) is 0 Å². The van der Waals surface area contributed by atoms with Crippen LogP contribution in [-0.2, 0) is 10.0 Å². The maximum absolute atomic E-state index is 13.3. The molecule has 20 heavy (non-hydrogen) atoms. The van der Waals surface area contributed by atoms with Gasteiger partial charge in [0.15, 0.2) is 0 Å². The van der Waals surface area contributed by atoms with Gasteiger partial charge in [-0.25, -0.2) is 17.6 Å². The zero-order valence-corrected chi connectivity index (χ0v) is 11.4. The quantitative estimate of drug-likeness (QED) is 0.921. The minimum atomic E-state index is -3.74. The van der Waals surface area contributed by atoms with Crippen LogP contribution in [0.1, 0.15) is 29.6 Å². The third-order valence-electron chi connectivity index (χ3n) is 4.13. The van der Waals surface area contributed by atoms with E-state index >= 15 is 0 Å². The third-order valence-corrected chi connectivity index (χ3v) is 6.05. The number of aromatic carboxylic acids is 1. The number of nitrogens with zero attached hydrogens (tertiary/aromatic N) is 1. The number of sulfonamides is 1. The molecule has 2 fully saturated rings. The lowest BCUT2D eigenvalue weighted by Crippen LogP contribution is -2.37. The van der Waals surface area contributed by atoms with Crippen molar-refractivity contribution in [2.24, 2.45) is 5.92 Å². The number of carboxylic acids is 1. The molecule has 0 aromatic heterocycles. The number of fused-ring (bicyclic) bond motifs is 2. The molecule has 1 aliphatic carbocycles. The van der Waals surface area contributed by atoms with Gasteiger partial charge in [0.2, 0.25) is 10.0 Å². The Morgan fingerprint density at radius 3 is 2.65 bits per heavy atom. The summed E-state index contributed by atoms with van der Waals surface area (Å²) in [6.07, 6.45) is 2.75. The van der Waals surface area contributed by atoms with E-state index in [1.54, 1.807) is 0 Å². The summed E-state index contributed by atoms with van der Waals surface area (Å²) < 4.78 is 39.8. The molecule has 7 heteroatoms. The van der Waals surface area contributed by atoms with Crippen LogP contribution < -0.4 is 0 Å². The number of benzene rings is 1. The summed E-state index contributed by atoms with van der Waals surface area (Å²) >= 11 is 0. The number of hydrogen-bond donors (Lipinski definition) is 1. The first-order chi connectivity index (χ1) is 9.39. The van der Waals surface area contributed by atoms with Crippen LogP contribution in [-0.4, -0.2) is 36.4 Å². The second kappa shape index (κ2) is 4.53. The van der Waals surface area contributed by atoms with Crippen molar-refractivity contribution in [3.63, 3.8) is 0 Å². The number of piperidine rings is 1. The summed E-state index contributed by atoms with van der Waals surface area (Å²) in [4.78, 5) is 10.8. The lowest BCUT2D eigenvalue weighted by molar-refractivity contribution is 0.0691. The average molecular weight is 299 g/mol. The van der Waals surface area contributed by atoms with E-state index in [0.717, 1.165) is 37.5 Å². The molecule has 1 saturated carbocycles. The highest BCUT2D eigenvalue weighted by atomic mass is 32.2. The van der Waals surface area contributed by atoms with Crippen LogP contribution in [0.4, 0.5) is 4.39 Å². The van der Waals surface area contributed by atoms with Gasteiger partial charge in [-0.1, -0.05) is 0 Å².